The van der Waals surface area contributed by atoms with Crippen LogP contribution in [0.2, 0.25) is 0 Å². The van der Waals surface area contributed by atoms with Crippen LogP contribution in [0, 0.1) is 0 Å². The molecule has 2 aliphatic rings. The number of rotatable bonds is 1. The smallest absolute Gasteiger partial charge is 0.320 e. The number of hydrogen-bond donors (Lipinski definition) is 0. The third kappa shape index (κ3) is 2.84. The second-order valence-corrected chi connectivity index (χ2v) is 5.37. The van der Waals surface area contributed by atoms with E-state index in [-0.39, 0.29) is 6.03 Å². The molecule has 2 saturated heterocycles. The second kappa shape index (κ2) is 6.07. The molecular formula is C14H21N5O. The van der Waals surface area contributed by atoms with Gasteiger partial charge in [0.15, 0.2) is 0 Å². The summed E-state index contributed by atoms with van der Waals surface area (Å²) in [5.41, 5.74) is 0. The van der Waals surface area contributed by atoms with Gasteiger partial charge in [0.2, 0.25) is 0 Å². The predicted octanol–water partition coefficient (Wildman–Crippen LogP) is 1.20. The molecule has 3 heterocycles. The van der Waals surface area contributed by atoms with Gasteiger partial charge in [-0.2, -0.15) is 0 Å². The Balaban J connectivity index is 1.54. The lowest BCUT2D eigenvalue weighted by Crippen LogP contribution is -2.53. The number of hydrogen-bond acceptors (Lipinski definition) is 4. The van der Waals surface area contributed by atoms with E-state index in [9.17, 15) is 4.79 Å². The number of amides is 2. The normalized spacial score (nSPS) is 20.1. The lowest BCUT2D eigenvalue weighted by atomic mass is 10.1. The first-order valence-corrected chi connectivity index (χ1v) is 7.39. The molecule has 0 unspecified atom stereocenters. The fourth-order valence-corrected chi connectivity index (χ4v) is 2.87. The average molecular weight is 275 g/mol. The van der Waals surface area contributed by atoms with Crippen molar-refractivity contribution in [3.8, 4) is 0 Å². The van der Waals surface area contributed by atoms with E-state index in [0.717, 1.165) is 57.9 Å². The predicted molar refractivity (Wildman–Crippen MR) is 76.6 cm³/mol. The molecule has 20 heavy (non-hydrogen) atoms. The Morgan fingerprint density at radius 3 is 2.25 bits per heavy atom. The van der Waals surface area contributed by atoms with E-state index in [1.54, 1.807) is 18.6 Å². The van der Waals surface area contributed by atoms with Crippen LogP contribution in [-0.2, 0) is 0 Å². The van der Waals surface area contributed by atoms with Gasteiger partial charge in [-0.15, -0.1) is 0 Å². The summed E-state index contributed by atoms with van der Waals surface area (Å²) in [5, 5.41) is 0. The Labute approximate surface area is 119 Å². The van der Waals surface area contributed by atoms with Crippen molar-refractivity contribution in [1.29, 1.82) is 0 Å². The third-order valence-corrected chi connectivity index (χ3v) is 4.05. The number of anilines is 1. The van der Waals surface area contributed by atoms with Crippen LogP contribution in [0.3, 0.4) is 0 Å². The van der Waals surface area contributed by atoms with Crippen molar-refractivity contribution < 1.29 is 4.79 Å². The van der Waals surface area contributed by atoms with Crippen molar-refractivity contribution in [3.63, 3.8) is 0 Å². The summed E-state index contributed by atoms with van der Waals surface area (Å²) in [4.78, 5) is 27.0. The van der Waals surface area contributed by atoms with Crippen molar-refractivity contribution >= 4 is 11.8 Å². The molecule has 0 spiro atoms. The molecular weight excluding hydrogens is 254 g/mol. The van der Waals surface area contributed by atoms with Crippen molar-refractivity contribution in [2.75, 3.05) is 44.2 Å². The highest BCUT2D eigenvalue weighted by Gasteiger charge is 2.26. The van der Waals surface area contributed by atoms with Crippen molar-refractivity contribution in [1.82, 2.24) is 19.8 Å². The summed E-state index contributed by atoms with van der Waals surface area (Å²) < 4.78 is 0. The molecule has 2 aliphatic heterocycles. The molecule has 6 nitrogen and oxygen atoms in total. The number of carbonyl (C=O) groups excluding carboxylic acids is 1. The summed E-state index contributed by atoms with van der Waals surface area (Å²) in [5.74, 6) is 0.901. The number of likely N-dealkylation sites (tertiary alicyclic amines) is 1. The third-order valence-electron chi connectivity index (χ3n) is 4.05. The van der Waals surface area contributed by atoms with E-state index < -0.39 is 0 Å². The van der Waals surface area contributed by atoms with Crippen LogP contribution >= 0.6 is 0 Å². The van der Waals surface area contributed by atoms with Gasteiger partial charge >= 0.3 is 6.03 Å². The monoisotopic (exact) mass is 275 g/mol. The van der Waals surface area contributed by atoms with E-state index in [1.165, 1.54) is 6.42 Å². The Kier molecular flexibility index (Phi) is 3.99. The van der Waals surface area contributed by atoms with Gasteiger partial charge in [-0.1, -0.05) is 0 Å². The molecule has 0 bridgehead atoms. The van der Waals surface area contributed by atoms with E-state index >= 15 is 0 Å². The number of carbonyl (C=O) groups is 1. The van der Waals surface area contributed by atoms with Gasteiger partial charge in [-0.05, 0) is 19.3 Å². The topological polar surface area (TPSA) is 52.6 Å². The van der Waals surface area contributed by atoms with Crippen molar-refractivity contribution in [2.45, 2.75) is 19.3 Å². The summed E-state index contributed by atoms with van der Waals surface area (Å²) in [6, 6.07) is 0.212. The zero-order chi connectivity index (χ0) is 13.8. The average Bonchev–Trinajstić information content (AvgIpc) is 2.56. The highest BCUT2D eigenvalue weighted by atomic mass is 16.2. The molecule has 0 atom stereocenters. The molecule has 6 heteroatoms. The van der Waals surface area contributed by atoms with E-state index in [4.69, 9.17) is 0 Å². The van der Waals surface area contributed by atoms with E-state index in [1.807, 2.05) is 9.80 Å². The minimum Gasteiger partial charge on any atom is -0.352 e. The van der Waals surface area contributed by atoms with Crippen LogP contribution < -0.4 is 4.90 Å². The quantitative estimate of drug-likeness (QED) is 0.773. The highest BCUT2D eigenvalue weighted by molar-refractivity contribution is 5.74. The Morgan fingerprint density at radius 2 is 1.60 bits per heavy atom. The second-order valence-electron chi connectivity index (χ2n) is 5.37. The first-order chi connectivity index (χ1) is 9.84. The van der Waals surface area contributed by atoms with Crippen LogP contribution in [0.4, 0.5) is 10.6 Å². The van der Waals surface area contributed by atoms with Crippen LogP contribution in [0.15, 0.2) is 18.6 Å². The zero-order valence-corrected chi connectivity index (χ0v) is 11.7. The number of aromatic nitrogens is 2. The van der Waals surface area contributed by atoms with Gasteiger partial charge in [-0.3, -0.25) is 4.98 Å². The van der Waals surface area contributed by atoms with Gasteiger partial charge in [0.1, 0.15) is 5.82 Å². The summed E-state index contributed by atoms with van der Waals surface area (Å²) in [6.07, 6.45) is 8.71. The maximum atomic E-state index is 12.4. The maximum Gasteiger partial charge on any atom is 0.320 e. The largest absolute Gasteiger partial charge is 0.352 e. The summed E-state index contributed by atoms with van der Waals surface area (Å²) in [7, 11) is 0. The number of piperidine rings is 1. The zero-order valence-electron chi connectivity index (χ0n) is 11.7. The highest BCUT2D eigenvalue weighted by Crippen LogP contribution is 2.15. The number of urea groups is 1. The molecule has 1 aromatic heterocycles. The molecule has 2 amide bonds. The first-order valence-electron chi connectivity index (χ1n) is 7.39. The fraction of sp³-hybridized carbons (Fsp3) is 0.643. The Hall–Kier alpha value is -1.85. The van der Waals surface area contributed by atoms with E-state index in [2.05, 4.69) is 14.9 Å². The van der Waals surface area contributed by atoms with Crippen molar-refractivity contribution in [2.24, 2.45) is 0 Å². The lowest BCUT2D eigenvalue weighted by Gasteiger charge is -2.38. The molecule has 0 aromatic carbocycles. The molecule has 3 rings (SSSR count). The first kappa shape index (κ1) is 13.1. The van der Waals surface area contributed by atoms with Gasteiger partial charge in [0, 0.05) is 51.7 Å². The summed E-state index contributed by atoms with van der Waals surface area (Å²) in [6.45, 7) is 5.04. The maximum absolute atomic E-state index is 12.4. The van der Waals surface area contributed by atoms with Gasteiger partial charge in [-0.25, -0.2) is 9.78 Å². The number of nitrogens with zero attached hydrogens (tertiary/aromatic N) is 5. The van der Waals surface area contributed by atoms with E-state index in [0.29, 0.717) is 0 Å². The van der Waals surface area contributed by atoms with Gasteiger partial charge in [0.05, 0.1) is 6.20 Å². The summed E-state index contributed by atoms with van der Waals surface area (Å²) >= 11 is 0. The lowest BCUT2D eigenvalue weighted by molar-refractivity contribution is 0.141. The molecule has 108 valence electrons. The number of piperazine rings is 1. The molecule has 1 aromatic rings. The van der Waals surface area contributed by atoms with Crippen LogP contribution in [-0.4, -0.2) is 65.1 Å². The standard InChI is InChI=1S/C14H21N5O/c20-14(18-6-2-1-3-7-18)19-10-8-17(9-11-19)13-12-15-4-5-16-13/h4-5,12H,1-3,6-11H2. The van der Waals surface area contributed by atoms with Crippen molar-refractivity contribution in [3.05, 3.63) is 18.6 Å². The van der Waals surface area contributed by atoms with Crippen LogP contribution in [0.1, 0.15) is 19.3 Å². The SMILES string of the molecule is O=C(N1CCCCC1)N1CCN(c2cnccn2)CC1. The molecule has 0 N–H and O–H groups in total. The van der Waals surface area contributed by atoms with Gasteiger partial charge < -0.3 is 14.7 Å². The molecule has 0 saturated carbocycles. The molecule has 0 aliphatic carbocycles. The Morgan fingerprint density at radius 1 is 0.900 bits per heavy atom. The molecule has 2 fully saturated rings. The van der Waals surface area contributed by atoms with Crippen LogP contribution in [0.5, 0.6) is 0 Å². The van der Waals surface area contributed by atoms with Crippen LogP contribution in [0.25, 0.3) is 0 Å². The minimum atomic E-state index is 0.212. The Bertz CT molecular complexity index is 438. The van der Waals surface area contributed by atoms with Gasteiger partial charge in [0.25, 0.3) is 0 Å². The minimum absolute atomic E-state index is 0.212. The molecule has 0 radical (unpaired) electrons. The fourth-order valence-electron chi connectivity index (χ4n) is 2.87.